The molecule has 0 unspecified atom stereocenters. The maximum atomic E-state index is 12.0. The SMILES string of the molecule is Cc1cc(C(=O)Nc2ccc(C(=O)O)cc2O)ccc1O. The van der Waals surface area contributed by atoms with E-state index in [2.05, 4.69) is 5.32 Å². The minimum atomic E-state index is -1.17. The number of carboxylic acid groups (broad SMARTS) is 1. The van der Waals surface area contributed by atoms with Gasteiger partial charge in [-0.2, -0.15) is 0 Å². The quantitative estimate of drug-likeness (QED) is 0.648. The summed E-state index contributed by atoms with van der Waals surface area (Å²) in [5.41, 5.74) is 0.891. The molecular weight excluding hydrogens is 274 g/mol. The first-order valence-corrected chi connectivity index (χ1v) is 6.06. The van der Waals surface area contributed by atoms with Gasteiger partial charge in [-0.15, -0.1) is 0 Å². The topological polar surface area (TPSA) is 107 Å². The first kappa shape index (κ1) is 14.4. The fraction of sp³-hybridized carbons (Fsp3) is 0.0667. The molecule has 0 bridgehead atoms. The Labute approximate surface area is 120 Å². The number of carbonyl (C=O) groups excluding carboxylic acids is 1. The van der Waals surface area contributed by atoms with E-state index in [4.69, 9.17) is 5.11 Å². The van der Waals surface area contributed by atoms with Crippen LogP contribution in [0.25, 0.3) is 0 Å². The van der Waals surface area contributed by atoms with Gasteiger partial charge >= 0.3 is 5.97 Å². The van der Waals surface area contributed by atoms with E-state index in [0.29, 0.717) is 11.1 Å². The minimum absolute atomic E-state index is 0.0778. The molecule has 6 nitrogen and oxygen atoms in total. The number of carboxylic acids is 1. The fourth-order valence-electron chi connectivity index (χ4n) is 1.76. The predicted molar refractivity (Wildman–Crippen MR) is 75.9 cm³/mol. The van der Waals surface area contributed by atoms with E-state index < -0.39 is 11.9 Å². The number of rotatable bonds is 3. The largest absolute Gasteiger partial charge is 0.508 e. The van der Waals surface area contributed by atoms with E-state index in [1.165, 1.54) is 30.3 Å². The molecule has 0 aliphatic rings. The van der Waals surface area contributed by atoms with Crippen LogP contribution in [0.3, 0.4) is 0 Å². The van der Waals surface area contributed by atoms with Gasteiger partial charge in [-0.1, -0.05) is 0 Å². The van der Waals surface area contributed by atoms with Crippen molar-refractivity contribution in [2.45, 2.75) is 6.92 Å². The molecule has 0 saturated carbocycles. The molecule has 2 rings (SSSR count). The summed E-state index contributed by atoms with van der Waals surface area (Å²) in [7, 11) is 0. The van der Waals surface area contributed by atoms with Crippen LogP contribution in [0.4, 0.5) is 5.69 Å². The zero-order valence-corrected chi connectivity index (χ0v) is 11.1. The third-order valence-corrected chi connectivity index (χ3v) is 2.95. The average Bonchev–Trinajstić information content (AvgIpc) is 2.43. The average molecular weight is 287 g/mol. The zero-order valence-electron chi connectivity index (χ0n) is 11.1. The van der Waals surface area contributed by atoms with E-state index in [9.17, 15) is 19.8 Å². The van der Waals surface area contributed by atoms with Crippen molar-refractivity contribution in [3.63, 3.8) is 0 Å². The summed E-state index contributed by atoms with van der Waals surface area (Å²) in [6.45, 7) is 1.66. The van der Waals surface area contributed by atoms with Crippen molar-refractivity contribution < 1.29 is 24.9 Å². The highest BCUT2D eigenvalue weighted by Gasteiger charge is 2.12. The third kappa shape index (κ3) is 3.11. The number of hydrogen-bond acceptors (Lipinski definition) is 4. The maximum absolute atomic E-state index is 12.0. The Hall–Kier alpha value is -3.02. The Morgan fingerprint density at radius 2 is 1.62 bits per heavy atom. The van der Waals surface area contributed by atoms with Crippen LogP contribution >= 0.6 is 0 Å². The number of phenols is 2. The van der Waals surface area contributed by atoms with Crippen LogP contribution in [0.2, 0.25) is 0 Å². The van der Waals surface area contributed by atoms with Gasteiger partial charge in [0, 0.05) is 5.56 Å². The van der Waals surface area contributed by atoms with E-state index >= 15 is 0 Å². The van der Waals surface area contributed by atoms with E-state index in [1.807, 2.05) is 0 Å². The predicted octanol–water partition coefficient (Wildman–Crippen LogP) is 2.36. The summed E-state index contributed by atoms with van der Waals surface area (Å²) in [6.07, 6.45) is 0. The summed E-state index contributed by atoms with van der Waals surface area (Å²) in [5.74, 6) is -1.90. The molecule has 0 fully saturated rings. The molecule has 0 atom stereocenters. The van der Waals surface area contributed by atoms with Crippen LogP contribution in [0, 0.1) is 6.92 Å². The molecule has 6 heteroatoms. The smallest absolute Gasteiger partial charge is 0.335 e. The number of amides is 1. The summed E-state index contributed by atoms with van der Waals surface area (Å²) in [4.78, 5) is 22.8. The van der Waals surface area contributed by atoms with Gasteiger partial charge in [-0.3, -0.25) is 4.79 Å². The van der Waals surface area contributed by atoms with Gasteiger partial charge in [0.05, 0.1) is 11.3 Å². The molecule has 108 valence electrons. The lowest BCUT2D eigenvalue weighted by atomic mass is 10.1. The molecule has 0 aliphatic carbocycles. The summed E-state index contributed by atoms with van der Waals surface area (Å²) >= 11 is 0. The number of carbonyl (C=O) groups is 2. The Morgan fingerprint density at radius 3 is 2.19 bits per heavy atom. The van der Waals surface area contributed by atoms with Crippen molar-refractivity contribution in [1.29, 1.82) is 0 Å². The van der Waals surface area contributed by atoms with Crippen molar-refractivity contribution in [3.05, 3.63) is 53.1 Å². The standard InChI is InChI=1S/C15H13NO5/c1-8-6-9(3-5-12(8)17)14(19)16-11-4-2-10(15(20)21)7-13(11)18/h2-7,17-18H,1H3,(H,16,19)(H,20,21). The monoisotopic (exact) mass is 287 g/mol. The molecule has 0 aromatic heterocycles. The molecule has 0 radical (unpaired) electrons. The van der Waals surface area contributed by atoms with Gasteiger partial charge in [0.1, 0.15) is 11.5 Å². The Balaban J connectivity index is 2.23. The lowest BCUT2D eigenvalue weighted by molar-refractivity contribution is 0.0696. The van der Waals surface area contributed by atoms with Crippen molar-refractivity contribution in [1.82, 2.24) is 0 Å². The van der Waals surface area contributed by atoms with Gasteiger partial charge in [0.2, 0.25) is 0 Å². The van der Waals surface area contributed by atoms with Crippen LogP contribution in [-0.2, 0) is 0 Å². The lowest BCUT2D eigenvalue weighted by Gasteiger charge is -2.09. The Kier molecular flexibility index (Phi) is 3.80. The van der Waals surface area contributed by atoms with Gasteiger partial charge in [0.15, 0.2) is 0 Å². The van der Waals surface area contributed by atoms with Crippen LogP contribution in [-0.4, -0.2) is 27.2 Å². The highest BCUT2D eigenvalue weighted by molar-refractivity contribution is 6.05. The number of anilines is 1. The molecule has 21 heavy (non-hydrogen) atoms. The lowest BCUT2D eigenvalue weighted by Crippen LogP contribution is -2.12. The second kappa shape index (κ2) is 5.54. The van der Waals surface area contributed by atoms with Gasteiger partial charge in [-0.25, -0.2) is 4.79 Å². The van der Waals surface area contributed by atoms with Crippen molar-refractivity contribution in [3.8, 4) is 11.5 Å². The van der Waals surface area contributed by atoms with Crippen LogP contribution in [0.5, 0.6) is 11.5 Å². The molecule has 1 amide bonds. The normalized spacial score (nSPS) is 10.1. The molecule has 0 spiro atoms. The van der Waals surface area contributed by atoms with Gasteiger partial charge < -0.3 is 20.6 Å². The van der Waals surface area contributed by atoms with E-state index in [-0.39, 0.29) is 22.7 Å². The zero-order chi connectivity index (χ0) is 15.6. The Morgan fingerprint density at radius 1 is 0.952 bits per heavy atom. The van der Waals surface area contributed by atoms with Crippen molar-refractivity contribution in [2.24, 2.45) is 0 Å². The molecule has 2 aromatic rings. The highest BCUT2D eigenvalue weighted by Crippen LogP contribution is 2.25. The number of benzene rings is 2. The number of aryl methyl sites for hydroxylation is 1. The van der Waals surface area contributed by atoms with Gasteiger partial charge in [-0.05, 0) is 48.9 Å². The van der Waals surface area contributed by atoms with Crippen LogP contribution in [0.15, 0.2) is 36.4 Å². The minimum Gasteiger partial charge on any atom is -0.508 e. The second-order valence-electron chi connectivity index (χ2n) is 4.49. The third-order valence-electron chi connectivity index (χ3n) is 2.95. The van der Waals surface area contributed by atoms with E-state index in [1.54, 1.807) is 6.92 Å². The molecule has 2 aromatic carbocycles. The number of aromatic hydroxyl groups is 2. The van der Waals surface area contributed by atoms with Crippen molar-refractivity contribution >= 4 is 17.6 Å². The molecular formula is C15H13NO5. The van der Waals surface area contributed by atoms with Crippen LogP contribution in [0.1, 0.15) is 26.3 Å². The maximum Gasteiger partial charge on any atom is 0.335 e. The van der Waals surface area contributed by atoms with E-state index in [0.717, 1.165) is 6.07 Å². The number of aromatic carboxylic acids is 1. The first-order chi connectivity index (χ1) is 9.88. The number of nitrogens with one attached hydrogen (secondary N) is 1. The van der Waals surface area contributed by atoms with Crippen molar-refractivity contribution in [2.75, 3.05) is 5.32 Å². The fourth-order valence-corrected chi connectivity index (χ4v) is 1.76. The van der Waals surface area contributed by atoms with Gasteiger partial charge in [0.25, 0.3) is 5.91 Å². The second-order valence-corrected chi connectivity index (χ2v) is 4.49. The number of phenolic OH excluding ortho intramolecular Hbond substituents is 2. The molecule has 0 heterocycles. The van der Waals surface area contributed by atoms with Crippen LogP contribution < -0.4 is 5.32 Å². The Bertz CT molecular complexity index is 724. The number of hydrogen-bond donors (Lipinski definition) is 4. The first-order valence-electron chi connectivity index (χ1n) is 6.06. The molecule has 0 saturated heterocycles. The summed E-state index contributed by atoms with van der Waals surface area (Å²) < 4.78 is 0. The summed E-state index contributed by atoms with van der Waals surface area (Å²) in [5, 5.41) is 30.4. The summed E-state index contributed by atoms with van der Waals surface area (Å²) in [6, 6.07) is 8.00. The molecule has 4 N–H and O–H groups in total. The molecule has 0 aliphatic heterocycles. The highest BCUT2D eigenvalue weighted by atomic mass is 16.4.